The second-order valence-corrected chi connectivity index (χ2v) is 2.23. The minimum atomic E-state index is 0.576. The molecule has 0 aliphatic rings. The van der Waals surface area contributed by atoms with Gasteiger partial charge >= 0.3 is 0 Å². The van der Waals surface area contributed by atoms with Gasteiger partial charge in [-0.25, -0.2) is 0 Å². The zero-order chi connectivity index (χ0) is 6.57. The second-order valence-electron chi connectivity index (χ2n) is 2.23. The first-order chi connectivity index (χ1) is 3.66. The van der Waals surface area contributed by atoms with Crippen LogP contribution in [0.3, 0.4) is 0 Å². The number of allylic oxidation sites excluding steroid dienone is 1. The predicted octanol–water partition coefficient (Wildman–Crippen LogP) is 1.91. The van der Waals surface area contributed by atoms with Gasteiger partial charge in [-0.15, -0.1) is 0 Å². The fourth-order valence-corrected chi connectivity index (χ4v) is 0.523. The Bertz CT molecular complexity index is 76.5. The van der Waals surface area contributed by atoms with Gasteiger partial charge in [0.05, 0.1) is 0 Å². The van der Waals surface area contributed by atoms with Crippen molar-refractivity contribution in [3.63, 3.8) is 0 Å². The summed E-state index contributed by atoms with van der Waals surface area (Å²) in [6.07, 6.45) is 1.16. The molecule has 1 heteroatoms. The molecular weight excluding hydrogens is 98.1 g/mol. The van der Waals surface area contributed by atoms with E-state index in [1.807, 2.05) is 6.92 Å². The Labute approximate surface area is 51.8 Å². The molecule has 1 atom stereocenters. The van der Waals surface area contributed by atoms with Crippen molar-refractivity contribution in [1.29, 1.82) is 0 Å². The Hall–Kier alpha value is -0.460. The van der Waals surface area contributed by atoms with E-state index in [-0.39, 0.29) is 0 Å². The molecule has 0 radical (unpaired) electrons. The normalized spacial score (nSPS) is 12.9. The van der Waals surface area contributed by atoms with Crippen molar-refractivity contribution in [3.05, 3.63) is 12.3 Å². The molecule has 0 rings (SSSR count). The summed E-state index contributed by atoms with van der Waals surface area (Å²) in [6, 6.07) is 0.576. The number of hydrogen-bond donors (Lipinski definition) is 1. The van der Waals surface area contributed by atoms with E-state index in [1.54, 1.807) is 0 Å². The van der Waals surface area contributed by atoms with E-state index >= 15 is 0 Å². The van der Waals surface area contributed by atoms with Gasteiger partial charge in [0.2, 0.25) is 0 Å². The third kappa shape index (κ3) is 3.72. The van der Waals surface area contributed by atoms with Crippen molar-refractivity contribution in [2.24, 2.45) is 0 Å². The Balaban J connectivity index is 3.24. The quantitative estimate of drug-likeness (QED) is 0.589. The zero-order valence-corrected chi connectivity index (χ0v) is 5.99. The largest absolute Gasteiger partial charge is 0.387 e. The number of rotatable bonds is 3. The van der Waals surface area contributed by atoms with Crippen LogP contribution in [0.25, 0.3) is 0 Å². The van der Waals surface area contributed by atoms with Gasteiger partial charge in [-0.2, -0.15) is 0 Å². The molecule has 0 saturated carbocycles. The molecule has 48 valence electrons. The van der Waals surface area contributed by atoms with Gasteiger partial charge in [0.25, 0.3) is 0 Å². The van der Waals surface area contributed by atoms with Gasteiger partial charge in [-0.3, -0.25) is 0 Å². The maximum absolute atomic E-state index is 3.73. The van der Waals surface area contributed by atoms with Gasteiger partial charge in [-0.05, 0) is 20.3 Å². The fraction of sp³-hybridized carbons (Fsp3) is 0.714. The Morgan fingerprint density at radius 3 is 2.38 bits per heavy atom. The summed E-state index contributed by atoms with van der Waals surface area (Å²) in [4.78, 5) is 0. The lowest BCUT2D eigenvalue weighted by molar-refractivity contribution is 0.597. The summed E-state index contributed by atoms with van der Waals surface area (Å²) in [5.74, 6) is 0. The van der Waals surface area contributed by atoms with Crippen LogP contribution in [0.2, 0.25) is 0 Å². The third-order valence-corrected chi connectivity index (χ3v) is 1.11. The summed E-state index contributed by atoms with van der Waals surface area (Å²) < 4.78 is 0. The van der Waals surface area contributed by atoms with E-state index in [9.17, 15) is 0 Å². The van der Waals surface area contributed by atoms with E-state index in [0.29, 0.717) is 6.04 Å². The van der Waals surface area contributed by atoms with Gasteiger partial charge in [0, 0.05) is 11.7 Å². The molecule has 0 fully saturated rings. The van der Waals surface area contributed by atoms with Crippen molar-refractivity contribution in [3.8, 4) is 0 Å². The predicted molar refractivity (Wildman–Crippen MR) is 37.7 cm³/mol. The lowest BCUT2D eigenvalue weighted by atomic mass is 10.2. The van der Waals surface area contributed by atoms with Crippen LogP contribution in [-0.2, 0) is 0 Å². The first kappa shape index (κ1) is 7.54. The Morgan fingerprint density at radius 1 is 1.75 bits per heavy atom. The number of nitrogens with one attached hydrogen (secondary N) is 1. The van der Waals surface area contributed by atoms with Crippen molar-refractivity contribution in [2.75, 3.05) is 0 Å². The molecular formula is C7H15N. The van der Waals surface area contributed by atoms with Gasteiger partial charge in [-0.1, -0.05) is 13.5 Å². The Morgan fingerprint density at radius 2 is 2.25 bits per heavy atom. The molecule has 0 aromatic heterocycles. The highest BCUT2D eigenvalue weighted by Crippen LogP contribution is 1.90. The van der Waals surface area contributed by atoms with Crippen LogP contribution in [-0.4, -0.2) is 6.04 Å². The molecule has 0 heterocycles. The fourth-order valence-electron chi connectivity index (χ4n) is 0.523. The standard InChI is InChI=1S/C7H15N/c1-5-7(4)8-6(2)3/h7-8H,2,5H2,1,3-4H3/t7-/m0/s1. The molecule has 1 N–H and O–H groups in total. The van der Waals surface area contributed by atoms with Crippen LogP contribution < -0.4 is 5.32 Å². The molecule has 0 spiro atoms. The number of hydrogen-bond acceptors (Lipinski definition) is 1. The zero-order valence-electron chi connectivity index (χ0n) is 5.99. The molecule has 0 aromatic carbocycles. The highest BCUT2D eigenvalue weighted by Gasteiger charge is 1.92. The molecule has 0 bridgehead atoms. The molecule has 0 aromatic rings. The topological polar surface area (TPSA) is 12.0 Å². The smallest absolute Gasteiger partial charge is 0.0227 e. The maximum atomic E-state index is 3.73. The first-order valence-corrected chi connectivity index (χ1v) is 3.08. The minimum Gasteiger partial charge on any atom is -0.387 e. The average Bonchev–Trinajstić information content (AvgIpc) is 1.65. The second kappa shape index (κ2) is 3.53. The first-order valence-electron chi connectivity index (χ1n) is 3.08. The highest BCUT2D eigenvalue weighted by atomic mass is 14.9. The van der Waals surface area contributed by atoms with E-state index in [4.69, 9.17) is 0 Å². The summed E-state index contributed by atoms with van der Waals surface area (Å²) in [5.41, 5.74) is 1.05. The van der Waals surface area contributed by atoms with Crippen LogP contribution >= 0.6 is 0 Å². The lowest BCUT2D eigenvalue weighted by Gasteiger charge is -2.10. The van der Waals surface area contributed by atoms with Crippen molar-refractivity contribution in [1.82, 2.24) is 5.32 Å². The minimum absolute atomic E-state index is 0.576. The molecule has 0 saturated heterocycles. The summed E-state index contributed by atoms with van der Waals surface area (Å²) in [5, 5.41) is 3.20. The van der Waals surface area contributed by atoms with Crippen molar-refractivity contribution in [2.45, 2.75) is 33.2 Å². The van der Waals surface area contributed by atoms with Gasteiger partial charge in [0.15, 0.2) is 0 Å². The molecule has 8 heavy (non-hydrogen) atoms. The van der Waals surface area contributed by atoms with E-state index in [2.05, 4.69) is 25.7 Å². The third-order valence-electron chi connectivity index (χ3n) is 1.11. The van der Waals surface area contributed by atoms with Crippen LogP contribution in [0, 0.1) is 0 Å². The SMILES string of the molecule is C=C(C)N[C@@H](C)CC. The molecule has 0 aliphatic carbocycles. The van der Waals surface area contributed by atoms with E-state index in [1.165, 1.54) is 0 Å². The molecule has 0 unspecified atom stereocenters. The van der Waals surface area contributed by atoms with Gasteiger partial charge in [0.1, 0.15) is 0 Å². The van der Waals surface area contributed by atoms with Crippen LogP contribution in [0.1, 0.15) is 27.2 Å². The van der Waals surface area contributed by atoms with Crippen LogP contribution in [0.5, 0.6) is 0 Å². The highest BCUT2D eigenvalue weighted by molar-refractivity contribution is 4.86. The summed E-state index contributed by atoms with van der Waals surface area (Å²) in [6.45, 7) is 10.0. The molecule has 0 amide bonds. The van der Waals surface area contributed by atoms with Crippen LogP contribution in [0.4, 0.5) is 0 Å². The van der Waals surface area contributed by atoms with Crippen molar-refractivity contribution >= 4 is 0 Å². The lowest BCUT2D eigenvalue weighted by Crippen LogP contribution is -2.22. The monoisotopic (exact) mass is 113 g/mol. The Kier molecular flexibility index (Phi) is 3.33. The van der Waals surface area contributed by atoms with Crippen LogP contribution in [0.15, 0.2) is 12.3 Å². The molecule has 0 aliphatic heterocycles. The maximum Gasteiger partial charge on any atom is 0.0227 e. The van der Waals surface area contributed by atoms with Crippen molar-refractivity contribution < 1.29 is 0 Å². The summed E-state index contributed by atoms with van der Waals surface area (Å²) in [7, 11) is 0. The van der Waals surface area contributed by atoms with E-state index in [0.717, 1.165) is 12.1 Å². The van der Waals surface area contributed by atoms with Gasteiger partial charge < -0.3 is 5.32 Å². The summed E-state index contributed by atoms with van der Waals surface area (Å²) >= 11 is 0. The molecule has 1 nitrogen and oxygen atoms in total. The average molecular weight is 113 g/mol. The van der Waals surface area contributed by atoms with E-state index < -0.39 is 0 Å².